The van der Waals surface area contributed by atoms with Crippen LogP contribution in [0.25, 0.3) is 6.08 Å². The number of halogens is 2. The molecule has 0 aromatic carbocycles. The van der Waals surface area contributed by atoms with Gasteiger partial charge in [-0.2, -0.15) is 0 Å². The minimum absolute atomic E-state index is 0. The van der Waals surface area contributed by atoms with E-state index >= 15 is 0 Å². The molecule has 0 unspecified atom stereocenters. The fourth-order valence-corrected chi connectivity index (χ4v) is 1.01. The van der Waals surface area contributed by atoms with Gasteiger partial charge in [0, 0.05) is 11.5 Å². The van der Waals surface area contributed by atoms with Gasteiger partial charge >= 0.3 is 0 Å². The number of pyridine rings is 1. The van der Waals surface area contributed by atoms with Crippen molar-refractivity contribution in [3.63, 3.8) is 0 Å². The second-order valence-electron chi connectivity index (χ2n) is 2.13. The molecule has 12 heavy (non-hydrogen) atoms. The Morgan fingerprint density at radius 2 is 2.25 bits per heavy atom. The third-order valence-corrected chi connectivity index (χ3v) is 1.71. The molecule has 0 N–H and O–H groups in total. The Kier molecular flexibility index (Phi) is 7.40. The maximum Gasteiger partial charge on any atom is 0.0626 e. The average Bonchev–Trinajstić information content (AvgIpc) is 2.07. The smallest absolute Gasteiger partial charge is 0.0626 e. The van der Waals surface area contributed by atoms with Crippen molar-refractivity contribution >= 4 is 39.0 Å². The topological polar surface area (TPSA) is 12.9 Å². The van der Waals surface area contributed by atoms with Crippen LogP contribution < -0.4 is 0 Å². The normalized spacial score (nSPS) is 9.75. The van der Waals surface area contributed by atoms with E-state index in [4.69, 9.17) is 0 Å². The van der Waals surface area contributed by atoms with Crippen molar-refractivity contribution in [1.29, 1.82) is 0 Å². The molecule has 0 atom stereocenters. The van der Waals surface area contributed by atoms with Gasteiger partial charge in [-0.3, -0.25) is 4.98 Å². The van der Waals surface area contributed by atoms with E-state index in [-0.39, 0.29) is 17.0 Å². The molecule has 0 aliphatic heterocycles. The van der Waals surface area contributed by atoms with E-state index < -0.39 is 0 Å². The maximum atomic E-state index is 4.15. The number of alkyl halides is 1. The summed E-state index contributed by atoms with van der Waals surface area (Å²) in [7, 11) is 0. The van der Waals surface area contributed by atoms with Crippen LogP contribution >= 0.6 is 32.9 Å². The summed E-state index contributed by atoms with van der Waals surface area (Å²) in [5.41, 5.74) is 1.02. The van der Waals surface area contributed by atoms with Gasteiger partial charge in [0.25, 0.3) is 0 Å². The lowest BCUT2D eigenvalue weighted by Gasteiger charge is -1.88. The molecule has 66 valence electrons. The number of hydrogen-bond acceptors (Lipinski definition) is 1. The predicted octanol–water partition coefficient (Wildman–Crippen LogP) is 3.46. The Balaban J connectivity index is 0.00000121. The van der Waals surface area contributed by atoms with Gasteiger partial charge in [0.2, 0.25) is 0 Å². The van der Waals surface area contributed by atoms with E-state index in [1.54, 1.807) is 6.20 Å². The molecule has 0 bridgehead atoms. The minimum atomic E-state index is 0. The van der Waals surface area contributed by atoms with Crippen LogP contribution in [0, 0.1) is 0 Å². The molecule has 0 saturated carbocycles. The first-order chi connectivity index (χ1) is 5.43. The molecule has 0 aliphatic rings. The van der Waals surface area contributed by atoms with Gasteiger partial charge < -0.3 is 0 Å². The summed E-state index contributed by atoms with van der Waals surface area (Å²) in [6.45, 7) is 0. The van der Waals surface area contributed by atoms with Crippen LogP contribution in [0.2, 0.25) is 0 Å². The molecule has 1 aromatic rings. The fourth-order valence-electron chi connectivity index (χ4n) is 0.742. The summed E-state index contributed by atoms with van der Waals surface area (Å²) in [6, 6.07) is 5.90. The molecule has 3 heteroatoms. The molecule has 0 spiro atoms. The first-order valence-corrected chi connectivity index (χ1v) is 4.69. The van der Waals surface area contributed by atoms with Crippen LogP contribution in [-0.2, 0) is 0 Å². The Hall–Kier alpha value is -0.150. The molecule has 1 rings (SSSR count). The summed E-state index contributed by atoms with van der Waals surface area (Å²) < 4.78 is 0. The Bertz CT molecular complexity index is 221. The monoisotopic (exact) mass is 291 g/mol. The Morgan fingerprint density at radius 3 is 2.83 bits per heavy atom. The largest absolute Gasteiger partial charge is 0.257 e. The molecule has 0 fully saturated rings. The summed E-state index contributed by atoms with van der Waals surface area (Å²) in [6.07, 6.45) is 6.99. The SMILES string of the molecule is Br.BrCCC=Cc1ccccn1. The van der Waals surface area contributed by atoms with E-state index in [1.807, 2.05) is 24.3 Å². The number of nitrogens with zero attached hydrogens (tertiary/aromatic N) is 1. The number of hydrogen-bond donors (Lipinski definition) is 0. The van der Waals surface area contributed by atoms with Gasteiger partial charge in [-0.15, -0.1) is 17.0 Å². The summed E-state index contributed by atoms with van der Waals surface area (Å²) in [5.74, 6) is 0. The lowest BCUT2D eigenvalue weighted by Crippen LogP contribution is -1.76. The molecule has 1 heterocycles. The van der Waals surface area contributed by atoms with Gasteiger partial charge in [-0.25, -0.2) is 0 Å². The van der Waals surface area contributed by atoms with Gasteiger partial charge in [-0.05, 0) is 24.6 Å². The highest BCUT2D eigenvalue weighted by atomic mass is 79.9. The van der Waals surface area contributed by atoms with Crippen LogP contribution in [-0.4, -0.2) is 10.3 Å². The second kappa shape index (κ2) is 7.50. The lowest BCUT2D eigenvalue weighted by molar-refractivity contribution is 1.25. The number of aromatic nitrogens is 1. The second-order valence-corrected chi connectivity index (χ2v) is 2.93. The van der Waals surface area contributed by atoms with E-state index in [0.717, 1.165) is 17.4 Å². The summed E-state index contributed by atoms with van der Waals surface area (Å²) >= 11 is 3.35. The molecule has 0 radical (unpaired) electrons. The van der Waals surface area contributed by atoms with Crippen molar-refractivity contribution in [3.8, 4) is 0 Å². The van der Waals surface area contributed by atoms with Crippen molar-refractivity contribution in [3.05, 3.63) is 36.2 Å². The molecule has 0 amide bonds. The van der Waals surface area contributed by atoms with Gasteiger partial charge in [0.05, 0.1) is 5.69 Å². The third kappa shape index (κ3) is 4.67. The first kappa shape index (κ1) is 11.8. The van der Waals surface area contributed by atoms with Gasteiger partial charge in [0.1, 0.15) is 0 Å². The zero-order valence-corrected chi connectivity index (χ0v) is 9.91. The maximum absolute atomic E-state index is 4.15. The van der Waals surface area contributed by atoms with Gasteiger partial charge in [0.15, 0.2) is 0 Å². The van der Waals surface area contributed by atoms with Crippen molar-refractivity contribution in [2.24, 2.45) is 0 Å². The highest BCUT2D eigenvalue weighted by Gasteiger charge is 1.82. The Labute approximate surface area is 91.8 Å². The molecule has 0 saturated heterocycles. The molecule has 1 aromatic heterocycles. The van der Waals surface area contributed by atoms with Crippen molar-refractivity contribution in [2.45, 2.75) is 6.42 Å². The highest BCUT2D eigenvalue weighted by Crippen LogP contribution is 1.98. The molecule has 0 aliphatic carbocycles. The van der Waals surface area contributed by atoms with Gasteiger partial charge in [-0.1, -0.05) is 28.1 Å². The standard InChI is InChI=1S/C9H10BrN.BrH/c10-7-3-1-5-9-6-2-4-8-11-9;/h1-2,4-6,8H,3,7H2;1H. The van der Waals surface area contributed by atoms with Crippen molar-refractivity contribution in [2.75, 3.05) is 5.33 Å². The predicted molar refractivity (Wildman–Crippen MR) is 62.0 cm³/mol. The van der Waals surface area contributed by atoms with Crippen LogP contribution in [0.3, 0.4) is 0 Å². The van der Waals surface area contributed by atoms with E-state index in [2.05, 4.69) is 27.0 Å². The van der Waals surface area contributed by atoms with Crippen LogP contribution in [0.4, 0.5) is 0 Å². The van der Waals surface area contributed by atoms with E-state index in [1.165, 1.54) is 0 Å². The molecule has 1 nitrogen and oxygen atoms in total. The molecular formula is C9H11Br2N. The average molecular weight is 293 g/mol. The zero-order chi connectivity index (χ0) is 7.94. The Morgan fingerprint density at radius 1 is 1.42 bits per heavy atom. The van der Waals surface area contributed by atoms with Crippen LogP contribution in [0.15, 0.2) is 30.5 Å². The summed E-state index contributed by atoms with van der Waals surface area (Å²) in [4.78, 5) is 4.15. The van der Waals surface area contributed by atoms with Crippen molar-refractivity contribution in [1.82, 2.24) is 4.98 Å². The van der Waals surface area contributed by atoms with E-state index in [9.17, 15) is 0 Å². The quantitative estimate of drug-likeness (QED) is 0.778. The highest BCUT2D eigenvalue weighted by molar-refractivity contribution is 9.09. The number of allylic oxidation sites excluding steroid dienone is 1. The zero-order valence-electron chi connectivity index (χ0n) is 6.61. The van der Waals surface area contributed by atoms with Crippen molar-refractivity contribution < 1.29 is 0 Å². The molecular weight excluding hydrogens is 282 g/mol. The van der Waals surface area contributed by atoms with E-state index in [0.29, 0.717) is 0 Å². The third-order valence-electron chi connectivity index (χ3n) is 1.25. The van der Waals surface area contributed by atoms with Crippen LogP contribution in [0.5, 0.6) is 0 Å². The lowest BCUT2D eigenvalue weighted by atomic mass is 10.3. The summed E-state index contributed by atoms with van der Waals surface area (Å²) in [5, 5.41) is 1.01. The minimum Gasteiger partial charge on any atom is -0.257 e. The van der Waals surface area contributed by atoms with Crippen LogP contribution in [0.1, 0.15) is 12.1 Å². The first-order valence-electron chi connectivity index (χ1n) is 3.57. The fraction of sp³-hybridized carbons (Fsp3) is 0.222. The number of rotatable bonds is 3.